The van der Waals surface area contributed by atoms with Gasteiger partial charge in [0.15, 0.2) is 0 Å². The molecule has 0 aliphatic rings. The molecule has 2 aromatic rings. The molecule has 2 heterocycles. The molecule has 0 amide bonds. The number of nitrogens with zero attached hydrogens (tertiary/aromatic N) is 3. The SMILES string of the molecule is COCCn1ncc(Br)c1C(N)c1ncccc1Br. The first-order valence-electron chi connectivity index (χ1n) is 5.71. The normalized spacial score (nSPS) is 12.6. The molecular weight excluding hydrogens is 376 g/mol. The molecule has 5 nitrogen and oxygen atoms in total. The molecule has 102 valence electrons. The van der Waals surface area contributed by atoms with Crippen LogP contribution in [0.2, 0.25) is 0 Å². The van der Waals surface area contributed by atoms with Crippen LogP contribution in [0.4, 0.5) is 0 Å². The lowest BCUT2D eigenvalue weighted by Crippen LogP contribution is -2.20. The summed E-state index contributed by atoms with van der Waals surface area (Å²) in [6.07, 6.45) is 3.46. The lowest BCUT2D eigenvalue weighted by Gasteiger charge is -2.15. The van der Waals surface area contributed by atoms with Crippen LogP contribution in [0.15, 0.2) is 33.5 Å². The van der Waals surface area contributed by atoms with Crippen LogP contribution in [0.1, 0.15) is 17.4 Å². The number of aromatic nitrogens is 3. The highest BCUT2D eigenvalue weighted by atomic mass is 79.9. The topological polar surface area (TPSA) is 66.0 Å². The second-order valence-corrected chi connectivity index (χ2v) is 5.65. The number of hydrogen-bond donors (Lipinski definition) is 1. The van der Waals surface area contributed by atoms with Crippen molar-refractivity contribution in [1.82, 2.24) is 14.8 Å². The van der Waals surface area contributed by atoms with Crippen LogP contribution >= 0.6 is 31.9 Å². The van der Waals surface area contributed by atoms with Gasteiger partial charge in [0.25, 0.3) is 0 Å². The molecule has 0 aliphatic heterocycles. The maximum Gasteiger partial charge on any atom is 0.0920 e. The van der Waals surface area contributed by atoms with Gasteiger partial charge in [0.2, 0.25) is 0 Å². The van der Waals surface area contributed by atoms with Gasteiger partial charge in [-0.05, 0) is 44.0 Å². The Morgan fingerprint density at radius 1 is 1.42 bits per heavy atom. The summed E-state index contributed by atoms with van der Waals surface area (Å²) in [6.45, 7) is 1.23. The highest BCUT2D eigenvalue weighted by molar-refractivity contribution is 9.10. The predicted molar refractivity (Wildman–Crippen MR) is 79.8 cm³/mol. The fourth-order valence-corrected chi connectivity index (χ4v) is 2.84. The third-order valence-electron chi connectivity index (χ3n) is 2.72. The number of hydrogen-bond acceptors (Lipinski definition) is 4. The molecule has 0 aromatic carbocycles. The van der Waals surface area contributed by atoms with Crippen LogP contribution in [-0.4, -0.2) is 28.5 Å². The monoisotopic (exact) mass is 388 g/mol. The van der Waals surface area contributed by atoms with Crippen molar-refractivity contribution < 1.29 is 4.74 Å². The van der Waals surface area contributed by atoms with Crippen molar-refractivity contribution in [2.24, 2.45) is 5.73 Å². The minimum Gasteiger partial charge on any atom is -0.383 e. The van der Waals surface area contributed by atoms with E-state index in [0.717, 1.165) is 20.3 Å². The van der Waals surface area contributed by atoms with Crippen molar-refractivity contribution >= 4 is 31.9 Å². The Hall–Kier alpha value is -0.760. The molecule has 0 spiro atoms. The zero-order valence-electron chi connectivity index (χ0n) is 10.4. The van der Waals surface area contributed by atoms with Crippen molar-refractivity contribution in [2.45, 2.75) is 12.6 Å². The third kappa shape index (κ3) is 3.22. The van der Waals surface area contributed by atoms with E-state index in [1.807, 2.05) is 16.8 Å². The Labute approximate surface area is 128 Å². The molecule has 7 heteroatoms. The Balaban J connectivity index is 2.35. The zero-order chi connectivity index (χ0) is 13.8. The second-order valence-electron chi connectivity index (χ2n) is 3.94. The lowest BCUT2D eigenvalue weighted by atomic mass is 10.1. The van der Waals surface area contributed by atoms with Gasteiger partial charge in [0, 0.05) is 17.8 Å². The van der Waals surface area contributed by atoms with Gasteiger partial charge in [-0.2, -0.15) is 5.10 Å². The molecule has 2 rings (SSSR count). The van der Waals surface area contributed by atoms with E-state index in [0.29, 0.717) is 13.2 Å². The number of rotatable bonds is 5. The van der Waals surface area contributed by atoms with Crippen molar-refractivity contribution in [3.8, 4) is 0 Å². The summed E-state index contributed by atoms with van der Waals surface area (Å²) in [5.41, 5.74) is 7.98. The number of nitrogens with two attached hydrogens (primary N) is 1. The minimum atomic E-state index is -0.357. The van der Waals surface area contributed by atoms with E-state index in [1.165, 1.54) is 0 Å². The van der Waals surface area contributed by atoms with Crippen molar-refractivity contribution in [3.63, 3.8) is 0 Å². The Morgan fingerprint density at radius 3 is 2.89 bits per heavy atom. The van der Waals surface area contributed by atoms with E-state index < -0.39 is 0 Å². The smallest absolute Gasteiger partial charge is 0.0920 e. The maximum absolute atomic E-state index is 6.31. The molecule has 0 fully saturated rings. The highest BCUT2D eigenvalue weighted by Gasteiger charge is 2.21. The van der Waals surface area contributed by atoms with Crippen LogP contribution in [0.3, 0.4) is 0 Å². The van der Waals surface area contributed by atoms with E-state index in [1.54, 1.807) is 19.5 Å². The Morgan fingerprint density at radius 2 is 2.21 bits per heavy atom. The summed E-state index contributed by atoms with van der Waals surface area (Å²) in [5, 5.41) is 4.30. The van der Waals surface area contributed by atoms with Gasteiger partial charge < -0.3 is 10.5 Å². The van der Waals surface area contributed by atoms with Gasteiger partial charge in [-0.25, -0.2) is 0 Å². The van der Waals surface area contributed by atoms with Crippen molar-refractivity contribution in [2.75, 3.05) is 13.7 Å². The minimum absolute atomic E-state index is 0.357. The van der Waals surface area contributed by atoms with Crippen molar-refractivity contribution in [3.05, 3.63) is 44.9 Å². The summed E-state index contributed by atoms with van der Waals surface area (Å²) < 4.78 is 8.66. The first-order chi connectivity index (χ1) is 9.15. The average Bonchev–Trinajstić information content (AvgIpc) is 2.77. The van der Waals surface area contributed by atoms with Gasteiger partial charge in [0.1, 0.15) is 0 Å². The molecule has 2 N–H and O–H groups in total. The Kier molecular flexibility index (Phi) is 5.09. The summed E-state index contributed by atoms with van der Waals surface area (Å²) >= 11 is 6.96. The van der Waals surface area contributed by atoms with Crippen LogP contribution < -0.4 is 5.73 Å². The van der Waals surface area contributed by atoms with Gasteiger partial charge in [-0.15, -0.1) is 0 Å². The van der Waals surface area contributed by atoms with E-state index in [9.17, 15) is 0 Å². The van der Waals surface area contributed by atoms with Gasteiger partial charge in [-0.3, -0.25) is 9.67 Å². The fraction of sp³-hybridized carbons (Fsp3) is 0.333. The zero-order valence-corrected chi connectivity index (χ0v) is 13.6. The van der Waals surface area contributed by atoms with E-state index in [-0.39, 0.29) is 6.04 Å². The fourth-order valence-electron chi connectivity index (χ4n) is 1.79. The highest BCUT2D eigenvalue weighted by Crippen LogP contribution is 2.29. The second kappa shape index (κ2) is 6.60. The molecule has 0 radical (unpaired) electrons. The van der Waals surface area contributed by atoms with Gasteiger partial charge >= 0.3 is 0 Å². The molecule has 1 unspecified atom stereocenters. The van der Waals surface area contributed by atoms with E-state index >= 15 is 0 Å². The van der Waals surface area contributed by atoms with Crippen LogP contribution in [-0.2, 0) is 11.3 Å². The first-order valence-corrected chi connectivity index (χ1v) is 7.30. The predicted octanol–water partition coefficient (Wildman–Crippen LogP) is 2.50. The maximum atomic E-state index is 6.31. The average molecular weight is 390 g/mol. The quantitative estimate of drug-likeness (QED) is 0.853. The van der Waals surface area contributed by atoms with Crippen LogP contribution in [0.5, 0.6) is 0 Å². The largest absolute Gasteiger partial charge is 0.383 e. The summed E-state index contributed by atoms with van der Waals surface area (Å²) in [4.78, 5) is 4.33. The number of halogens is 2. The third-order valence-corrected chi connectivity index (χ3v) is 4.00. The first kappa shape index (κ1) is 14.6. The molecule has 0 saturated heterocycles. The molecule has 0 saturated carbocycles. The summed E-state index contributed by atoms with van der Waals surface area (Å²) in [6, 6.07) is 3.42. The van der Waals surface area contributed by atoms with E-state index in [4.69, 9.17) is 10.5 Å². The summed E-state index contributed by atoms with van der Waals surface area (Å²) in [7, 11) is 1.66. The molecule has 0 bridgehead atoms. The number of ether oxygens (including phenoxy) is 1. The molecule has 0 aliphatic carbocycles. The van der Waals surface area contributed by atoms with Crippen LogP contribution in [0, 0.1) is 0 Å². The molecule has 2 aromatic heterocycles. The lowest BCUT2D eigenvalue weighted by molar-refractivity contribution is 0.182. The Bertz CT molecular complexity index is 558. The molecule has 1 atom stereocenters. The number of methoxy groups -OCH3 is 1. The molecule has 19 heavy (non-hydrogen) atoms. The van der Waals surface area contributed by atoms with E-state index in [2.05, 4.69) is 41.9 Å². The summed E-state index contributed by atoms with van der Waals surface area (Å²) in [5.74, 6) is 0. The van der Waals surface area contributed by atoms with Crippen LogP contribution in [0.25, 0.3) is 0 Å². The van der Waals surface area contributed by atoms with Gasteiger partial charge in [0.05, 0.1) is 41.3 Å². The molecular formula is C12H14Br2N4O. The van der Waals surface area contributed by atoms with Gasteiger partial charge in [-0.1, -0.05) is 0 Å². The standard InChI is InChI=1S/C12H14Br2N4O/c1-19-6-5-18-12(9(14)7-17-18)10(15)11-8(13)3-2-4-16-11/h2-4,7,10H,5-6,15H2,1H3. The number of pyridine rings is 1. The van der Waals surface area contributed by atoms with Crippen molar-refractivity contribution in [1.29, 1.82) is 0 Å².